The van der Waals surface area contributed by atoms with Crippen LogP contribution < -0.4 is 9.64 Å². The van der Waals surface area contributed by atoms with E-state index in [9.17, 15) is 13.6 Å². The second kappa shape index (κ2) is 10.4. The lowest BCUT2D eigenvalue weighted by molar-refractivity contribution is -0.00827. The third-order valence-electron chi connectivity index (χ3n) is 6.51. The van der Waals surface area contributed by atoms with Crippen molar-refractivity contribution in [3.63, 3.8) is 0 Å². The molecule has 1 fully saturated rings. The predicted molar refractivity (Wildman–Crippen MR) is 131 cm³/mol. The molecule has 1 aliphatic heterocycles. The Labute approximate surface area is 204 Å². The molecule has 0 atom stereocenters. The van der Waals surface area contributed by atoms with Crippen LogP contribution in [-0.4, -0.2) is 47.0 Å². The number of piperidine rings is 1. The third kappa shape index (κ3) is 5.26. The van der Waals surface area contributed by atoms with Gasteiger partial charge in [-0.15, -0.1) is 0 Å². The zero-order chi connectivity index (χ0) is 25.0. The molecule has 0 spiro atoms. The molecule has 1 amide bonds. The number of aromatic nitrogens is 2. The Morgan fingerprint density at radius 3 is 2.49 bits per heavy atom. The van der Waals surface area contributed by atoms with Gasteiger partial charge in [0.15, 0.2) is 0 Å². The first-order chi connectivity index (χ1) is 16.8. The molecule has 0 bridgehead atoms. The number of carbonyl (C=O) groups excluding carboxylic acids is 1. The van der Waals surface area contributed by atoms with Gasteiger partial charge in [0.2, 0.25) is 0 Å². The van der Waals surface area contributed by atoms with E-state index in [-0.39, 0.29) is 23.9 Å². The minimum atomic E-state index is -2.87. The number of amides is 1. The van der Waals surface area contributed by atoms with Gasteiger partial charge < -0.3 is 14.5 Å². The average molecular weight is 481 g/mol. The molecule has 4 rings (SSSR count). The molecule has 6 nitrogen and oxygen atoms in total. The molecule has 1 aromatic carbocycles. The summed E-state index contributed by atoms with van der Waals surface area (Å²) in [5.41, 5.74) is 2.97. The van der Waals surface area contributed by atoms with E-state index in [0.29, 0.717) is 37.2 Å². The number of alkyl halides is 2. The number of nitrogens with zero attached hydrogens (tertiary/aromatic N) is 4. The fourth-order valence-corrected chi connectivity index (χ4v) is 4.53. The number of hydrogen-bond donors (Lipinski definition) is 0. The van der Waals surface area contributed by atoms with E-state index in [1.54, 1.807) is 56.0 Å². The maximum absolute atomic E-state index is 14.2. The third-order valence-corrected chi connectivity index (χ3v) is 6.51. The number of pyridine rings is 2. The summed E-state index contributed by atoms with van der Waals surface area (Å²) in [6.45, 7) is 4.50. The summed E-state index contributed by atoms with van der Waals surface area (Å²) >= 11 is 0. The van der Waals surface area contributed by atoms with Crippen molar-refractivity contribution in [2.24, 2.45) is 0 Å². The highest BCUT2D eigenvalue weighted by Crippen LogP contribution is 2.39. The number of halogens is 2. The number of anilines is 2. The first kappa shape index (κ1) is 24.6. The first-order valence-electron chi connectivity index (χ1n) is 11.8. The van der Waals surface area contributed by atoms with Crippen LogP contribution in [-0.2, 0) is 5.92 Å². The van der Waals surface area contributed by atoms with E-state index in [1.807, 2.05) is 11.8 Å². The highest BCUT2D eigenvalue weighted by atomic mass is 19.3. The maximum Gasteiger partial charge on any atom is 0.273 e. The fourth-order valence-electron chi connectivity index (χ4n) is 4.53. The van der Waals surface area contributed by atoms with Crippen LogP contribution in [0, 0.1) is 6.92 Å². The normalized spacial score (nSPS) is 14.6. The number of rotatable bonds is 7. The van der Waals surface area contributed by atoms with Gasteiger partial charge in [-0.3, -0.25) is 14.8 Å². The Morgan fingerprint density at radius 2 is 1.86 bits per heavy atom. The SMILES string of the molecule is CCC(F)(F)c1ccc(N(c2cnccc2OC)C2CCN(C(=O)c3ccnc(C)c3)CC2)cc1. The second-order valence-corrected chi connectivity index (χ2v) is 8.73. The van der Waals surface area contributed by atoms with E-state index < -0.39 is 5.92 Å². The molecular formula is C27H30F2N4O2. The molecule has 184 valence electrons. The van der Waals surface area contributed by atoms with Crippen molar-refractivity contribution in [2.75, 3.05) is 25.1 Å². The molecule has 0 saturated carbocycles. The minimum absolute atomic E-state index is 0.00471. The second-order valence-electron chi connectivity index (χ2n) is 8.73. The highest BCUT2D eigenvalue weighted by molar-refractivity contribution is 5.94. The van der Waals surface area contributed by atoms with Crippen LogP contribution in [0.4, 0.5) is 20.2 Å². The molecule has 3 aromatic rings. The van der Waals surface area contributed by atoms with E-state index in [2.05, 4.69) is 14.9 Å². The van der Waals surface area contributed by atoms with Crippen molar-refractivity contribution in [1.29, 1.82) is 0 Å². The van der Waals surface area contributed by atoms with E-state index >= 15 is 0 Å². The van der Waals surface area contributed by atoms with Crippen molar-refractivity contribution < 1.29 is 18.3 Å². The Morgan fingerprint density at radius 1 is 1.14 bits per heavy atom. The van der Waals surface area contributed by atoms with Gasteiger partial charge >= 0.3 is 0 Å². The summed E-state index contributed by atoms with van der Waals surface area (Å²) < 4.78 is 34.0. The molecular weight excluding hydrogens is 450 g/mol. The predicted octanol–water partition coefficient (Wildman–Crippen LogP) is 5.74. The monoisotopic (exact) mass is 480 g/mol. The van der Waals surface area contributed by atoms with Crippen LogP contribution in [0.15, 0.2) is 61.1 Å². The van der Waals surface area contributed by atoms with Crippen molar-refractivity contribution in [1.82, 2.24) is 14.9 Å². The Kier molecular flexibility index (Phi) is 7.28. The van der Waals surface area contributed by atoms with Crippen LogP contribution in [0.5, 0.6) is 5.75 Å². The molecule has 0 unspecified atom stereocenters. The van der Waals surface area contributed by atoms with Gasteiger partial charge in [-0.1, -0.05) is 19.1 Å². The highest BCUT2D eigenvalue weighted by Gasteiger charge is 2.32. The van der Waals surface area contributed by atoms with E-state index in [0.717, 1.165) is 17.1 Å². The van der Waals surface area contributed by atoms with E-state index in [4.69, 9.17) is 4.74 Å². The zero-order valence-corrected chi connectivity index (χ0v) is 20.2. The van der Waals surface area contributed by atoms with Gasteiger partial charge in [0.25, 0.3) is 11.8 Å². The van der Waals surface area contributed by atoms with Gasteiger partial charge in [0, 0.05) is 66.5 Å². The molecule has 3 heterocycles. The molecule has 0 N–H and O–H groups in total. The molecule has 2 aromatic heterocycles. The number of aryl methyl sites for hydroxylation is 1. The summed E-state index contributed by atoms with van der Waals surface area (Å²) in [7, 11) is 1.60. The summed E-state index contributed by atoms with van der Waals surface area (Å²) in [4.78, 5) is 25.4. The Balaban J connectivity index is 1.60. The van der Waals surface area contributed by atoms with Gasteiger partial charge in [-0.05, 0) is 44.0 Å². The zero-order valence-electron chi connectivity index (χ0n) is 20.2. The van der Waals surface area contributed by atoms with Crippen LogP contribution in [0.25, 0.3) is 0 Å². The lowest BCUT2D eigenvalue weighted by Gasteiger charge is -2.40. The standard InChI is InChI=1S/C27H30F2N4O2/c1-4-27(28,29)21-5-7-22(8-6-21)33(24-18-30-13-10-25(24)35-3)23-11-15-32(16-12-23)26(34)20-9-14-31-19(2)17-20/h5-10,13-14,17-18,23H,4,11-12,15-16H2,1-3H3. The first-order valence-corrected chi connectivity index (χ1v) is 11.8. The van der Waals surface area contributed by atoms with Crippen LogP contribution in [0.1, 0.15) is 47.8 Å². The lowest BCUT2D eigenvalue weighted by Crippen LogP contribution is -2.45. The molecule has 1 aliphatic rings. The molecule has 35 heavy (non-hydrogen) atoms. The van der Waals surface area contributed by atoms with Crippen LogP contribution in [0.3, 0.4) is 0 Å². The Hall–Kier alpha value is -3.55. The lowest BCUT2D eigenvalue weighted by atomic mass is 9.99. The minimum Gasteiger partial charge on any atom is -0.494 e. The Bertz CT molecular complexity index is 1160. The summed E-state index contributed by atoms with van der Waals surface area (Å²) in [6, 6.07) is 11.8. The molecule has 0 aliphatic carbocycles. The molecule has 8 heteroatoms. The van der Waals surface area contributed by atoms with Gasteiger partial charge in [-0.2, -0.15) is 0 Å². The van der Waals surface area contributed by atoms with Crippen molar-refractivity contribution in [3.8, 4) is 5.75 Å². The summed E-state index contributed by atoms with van der Waals surface area (Å²) in [5.74, 6) is -2.23. The quantitative estimate of drug-likeness (QED) is 0.432. The summed E-state index contributed by atoms with van der Waals surface area (Å²) in [6.07, 6.45) is 6.20. The molecule has 0 radical (unpaired) electrons. The van der Waals surface area contributed by atoms with Crippen molar-refractivity contribution in [2.45, 2.75) is 45.1 Å². The number of ether oxygens (including phenoxy) is 1. The van der Waals surface area contributed by atoms with Crippen LogP contribution in [0.2, 0.25) is 0 Å². The fraction of sp³-hybridized carbons (Fsp3) is 0.370. The maximum atomic E-state index is 14.2. The number of carbonyl (C=O) groups is 1. The van der Waals surface area contributed by atoms with E-state index in [1.165, 1.54) is 19.1 Å². The number of methoxy groups -OCH3 is 1. The largest absolute Gasteiger partial charge is 0.494 e. The topological polar surface area (TPSA) is 58.6 Å². The number of likely N-dealkylation sites (tertiary alicyclic amines) is 1. The molecule has 1 saturated heterocycles. The van der Waals surface area contributed by atoms with Gasteiger partial charge in [0.1, 0.15) is 11.4 Å². The van der Waals surface area contributed by atoms with Gasteiger partial charge in [-0.25, -0.2) is 8.78 Å². The van der Waals surface area contributed by atoms with Gasteiger partial charge in [0.05, 0.1) is 13.3 Å². The smallest absolute Gasteiger partial charge is 0.273 e. The van der Waals surface area contributed by atoms with Crippen molar-refractivity contribution >= 4 is 17.3 Å². The number of benzene rings is 1. The van der Waals surface area contributed by atoms with Crippen LogP contribution >= 0.6 is 0 Å². The number of hydrogen-bond acceptors (Lipinski definition) is 5. The summed E-state index contributed by atoms with van der Waals surface area (Å²) in [5, 5.41) is 0. The average Bonchev–Trinajstić information content (AvgIpc) is 2.89. The van der Waals surface area contributed by atoms with Crippen molar-refractivity contribution in [3.05, 3.63) is 77.9 Å².